The lowest BCUT2D eigenvalue weighted by atomic mass is 9.91. The lowest BCUT2D eigenvalue weighted by Gasteiger charge is -2.17. The van der Waals surface area contributed by atoms with Gasteiger partial charge in [0.15, 0.2) is 5.65 Å². The number of hydrogen-bond donors (Lipinski definition) is 2. The predicted octanol–water partition coefficient (Wildman–Crippen LogP) is 4.24. The van der Waals surface area contributed by atoms with Gasteiger partial charge >= 0.3 is 6.18 Å². The van der Waals surface area contributed by atoms with Gasteiger partial charge in [0.2, 0.25) is 0 Å². The molecule has 1 fully saturated rings. The van der Waals surface area contributed by atoms with Crippen LogP contribution in [0.15, 0.2) is 36.5 Å². The van der Waals surface area contributed by atoms with Crippen LogP contribution in [-0.2, 0) is 6.18 Å². The molecule has 2 heterocycles. The first-order valence-corrected chi connectivity index (χ1v) is 8.21. The number of halogens is 3. The summed E-state index contributed by atoms with van der Waals surface area (Å²) in [5.74, 6) is 0.253. The van der Waals surface area contributed by atoms with Crippen molar-refractivity contribution < 1.29 is 13.2 Å². The van der Waals surface area contributed by atoms with Gasteiger partial charge in [-0.3, -0.25) is 5.10 Å². The summed E-state index contributed by atoms with van der Waals surface area (Å²) in [5, 5.41) is 5.79. The number of nitrogens with one attached hydrogen (secondary N) is 1. The van der Waals surface area contributed by atoms with Gasteiger partial charge in [-0.25, -0.2) is 4.98 Å². The molecular formula is C18H17F3N4. The minimum absolute atomic E-state index is 0.00266. The highest BCUT2D eigenvalue weighted by Crippen LogP contribution is 2.39. The Balaban J connectivity index is 1.86. The van der Waals surface area contributed by atoms with E-state index in [1.54, 1.807) is 6.07 Å². The maximum Gasteiger partial charge on any atom is 0.433 e. The quantitative estimate of drug-likeness (QED) is 0.729. The summed E-state index contributed by atoms with van der Waals surface area (Å²) >= 11 is 0. The summed E-state index contributed by atoms with van der Waals surface area (Å²) in [4.78, 5) is 3.95. The van der Waals surface area contributed by atoms with Crippen LogP contribution in [0.3, 0.4) is 0 Å². The van der Waals surface area contributed by atoms with E-state index < -0.39 is 11.9 Å². The van der Waals surface area contributed by atoms with Gasteiger partial charge in [0.1, 0.15) is 5.69 Å². The highest BCUT2D eigenvalue weighted by atomic mass is 19.4. The number of nitrogens with zero attached hydrogens (tertiary/aromatic N) is 2. The third-order valence-corrected chi connectivity index (χ3v) is 4.93. The van der Waals surface area contributed by atoms with E-state index >= 15 is 0 Å². The summed E-state index contributed by atoms with van der Waals surface area (Å²) in [6.45, 7) is 0. The summed E-state index contributed by atoms with van der Waals surface area (Å²) in [5.41, 5.74) is 7.64. The van der Waals surface area contributed by atoms with E-state index in [1.807, 2.05) is 24.3 Å². The third kappa shape index (κ3) is 2.78. The van der Waals surface area contributed by atoms with Crippen LogP contribution in [0.25, 0.3) is 22.2 Å². The lowest BCUT2D eigenvalue weighted by molar-refractivity contribution is -0.139. The van der Waals surface area contributed by atoms with Crippen molar-refractivity contribution in [2.45, 2.75) is 37.4 Å². The molecule has 4 nitrogen and oxygen atoms in total. The molecule has 7 heteroatoms. The minimum Gasteiger partial charge on any atom is -0.327 e. The molecule has 0 unspecified atom stereocenters. The molecule has 4 rings (SSSR count). The van der Waals surface area contributed by atoms with Crippen molar-refractivity contribution in [1.82, 2.24) is 15.2 Å². The van der Waals surface area contributed by atoms with Crippen LogP contribution >= 0.6 is 0 Å². The van der Waals surface area contributed by atoms with Crippen LogP contribution in [0.5, 0.6) is 0 Å². The highest BCUT2D eigenvalue weighted by molar-refractivity contribution is 5.94. The van der Waals surface area contributed by atoms with Gasteiger partial charge in [0.25, 0.3) is 0 Å². The largest absolute Gasteiger partial charge is 0.433 e. The summed E-state index contributed by atoms with van der Waals surface area (Å²) in [6.07, 6.45) is 0.0321. The molecule has 130 valence electrons. The Hall–Kier alpha value is -2.41. The van der Waals surface area contributed by atoms with Gasteiger partial charge in [-0.1, -0.05) is 30.7 Å². The molecule has 2 aromatic heterocycles. The number of rotatable bonds is 2. The van der Waals surface area contributed by atoms with Crippen molar-refractivity contribution in [2.75, 3.05) is 0 Å². The molecule has 1 aromatic carbocycles. The number of benzene rings is 1. The molecule has 1 saturated carbocycles. The normalized spacial score (nSPS) is 21.1. The van der Waals surface area contributed by atoms with Gasteiger partial charge in [-0.2, -0.15) is 18.3 Å². The second kappa shape index (κ2) is 5.84. The fraction of sp³-hybridized carbons (Fsp3) is 0.333. The molecule has 0 saturated heterocycles. The Bertz CT molecular complexity index is 916. The van der Waals surface area contributed by atoms with Gasteiger partial charge in [0, 0.05) is 12.2 Å². The van der Waals surface area contributed by atoms with E-state index in [9.17, 15) is 13.2 Å². The molecular weight excluding hydrogens is 329 g/mol. The number of fused-ring (bicyclic) bond motifs is 1. The number of H-pyrrole nitrogens is 1. The van der Waals surface area contributed by atoms with Gasteiger partial charge < -0.3 is 5.73 Å². The smallest absolute Gasteiger partial charge is 0.327 e. The fourth-order valence-corrected chi connectivity index (χ4v) is 3.73. The van der Waals surface area contributed by atoms with Gasteiger partial charge in [-0.15, -0.1) is 0 Å². The Morgan fingerprint density at radius 1 is 1.16 bits per heavy atom. The fourth-order valence-electron chi connectivity index (χ4n) is 3.73. The predicted molar refractivity (Wildman–Crippen MR) is 88.9 cm³/mol. The van der Waals surface area contributed by atoms with Crippen molar-refractivity contribution >= 4 is 11.0 Å². The Morgan fingerprint density at radius 2 is 2.00 bits per heavy atom. The van der Waals surface area contributed by atoms with Crippen molar-refractivity contribution in [3.63, 3.8) is 0 Å². The highest BCUT2D eigenvalue weighted by Gasteiger charge is 2.36. The lowest BCUT2D eigenvalue weighted by Crippen LogP contribution is -2.22. The van der Waals surface area contributed by atoms with Crippen LogP contribution < -0.4 is 5.73 Å². The minimum atomic E-state index is -4.52. The Kier molecular flexibility index (Phi) is 3.76. The molecule has 0 radical (unpaired) electrons. The monoisotopic (exact) mass is 346 g/mol. The van der Waals surface area contributed by atoms with Crippen LogP contribution in [0.2, 0.25) is 0 Å². The van der Waals surface area contributed by atoms with Crippen molar-refractivity contribution in [2.24, 2.45) is 5.73 Å². The molecule has 1 aliphatic rings. The first kappa shape index (κ1) is 16.1. The number of alkyl halides is 3. The molecule has 3 aromatic rings. The maximum absolute atomic E-state index is 13.3. The molecule has 25 heavy (non-hydrogen) atoms. The Morgan fingerprint density at radius 3 is 2.72 bits per heavy atom. The van der Waals surface area contributed by atoms with Crippen molar-refractivity contribution in [3.05, 3.63) is 47.8 Å². The average molecular weight is 346 g/mol. The van der Waals surface area contributed by atoms with Crippen LogP contribution in [0.4, 0.5) is 13.2 Å². The summed E-state index contributed by atoms with van der Waals surface area (Å²) < 4.78 is 39.9. The molecule has 0 aliphatic heterocycles. The van der Waals surface area contributed by atoms with E-state index in [0.29, 0.717) is 5.56 Å². The Labute approximate surface area is 142 Å². The molecule has 0 amide bonds. The average Bonchev–Trinajstić information content (AvgIpc) is 3.20. The van der Waals surface area contributed by atoms with E-state index in [2.05, 4.69) is 15.2 Å². The van der Waals surface area contributed by atoms with Crippen molar-refractivity contribution in [1.29, 1.82) is 0 Å². The number of hydrogen-bond acceptors (Lipinski definition) is 3. The first-order chi connectivity index (χ1) is 11.9. The van der Waals surface area contributed by atoms with E-state index in [4.69, 9.17) is 5.73 Å². The molecule has 1 aliphatic carbocycles. The molecule has 2 atom stereocenters. The van der Waals surface area contributed by atoms with Crippen LogP contribution in [0.1, 0.15) is 36.4 Å². The summed E-state index contributed by atoms with van der Waals surface area (Å²) in [7, 11) is 0. The SMILES string of the molecule is N[C@H]1CCC[C@@H]1c1cccc(-c2ccnc3n[nH]c(C(F)(F)F)c23)c1. The second-order valence-corrected chi connectivity index (χ2v) is 6.48. The van der Waals surface area contributed by atoms with E-state index in [1.165, 1.54) is 6.20 Å². The molecule has 3 N–H and O–H groups in total. The van der Waals surface area contributed by atoms with Crippen molar-refractivity contribution in [3.8, 4) is 11.1 Å². The molecule has 0 spiro atoms. The number of aromatic nitrogens is 3. The number of nitrogens with two attached hydrogens (primary N) is 1. The van der Waals surface area contributed by atoms with E-state index in [-0.39, 0.29) is 23.0 Å². The first-order valence-electron chi connectivity index (χ1n) is 8.21. The topological polar surface area (TPSA) is 67.6 Å². The summed E-state index contributed by atoms with van der Waals surface area (Å²) in [6, 6.07) is 9.32. The second-order valence-electron chi connectivity index (χ2n) is 6.48. The molecule has 0 bridgehead atoms. The van der Waals surface area contributed by atoms with Gasteiger partial charge in [0.05, 0.1) is 5.39 Å². The van der Waals surface area contributed by atoms with Crippen LogP contribution in [-0.4, -0.2) is 21.2 Å². The third-order valence-electron chi connectivity index (χ3n) is 4.93. The zero-order valence-corrected chi connectivity index (χ0v) is 13.3. The zero-order valence-electron chi connectivity index (χ0n) is 13.3. The number of aromatic amines is 1. The van der Waals surface area contributed by atoms with Gasteiger partial charge in [-0.05, 0) is 41.5 Å². The van der Waals surface area contributed by atoms with Crippen LogP contribution in [0, 0.1) is 0 Å². The maximum atomic E-state index is 13.3. The van der Waals surface area contributed by atoms with E-state index in [0.717, 1.165) is 30.4 Å². The standard InChI is InChI=1S/C18H17F3N4/c19-18(20,21)16-15-13(7-8-23-17(15)25-24-16)11-4-1-3-10(9-11)12-5-2-6-14(12)22/h1,3-4,7-9,12,14H,2,5-6,22H2,(H,23,24,25)/t12-,14+/m1/s1. The number of pyridine rings is 1. The zero-order chi connectivity index (χ0) is 17.6.